The van der Waals surface area contributed by atoms with E-state index < -0.39 is 0 Å². The number of nitrogens with zero attached hydrogens (tertiary/aromatic N) is 3. The molecule has 0 atom stereocenters. The summed E-state index contributed by atoms with van der Waals surface area (Å²) in [5, 5.41) is 3.05. The van der Waals surface area contributed by atoms with Gasteiger partial charge in [0.25, 0.3) is 5.88 Å². The molecule has 1 aliphatic rings. The highest BCUT2D eigenvalue weighted by Crippen LogP contribution is 2.32. The van der Waals surface area contributed by atoms with Crippen molar-refractivity contribution in [2.24, 2.45) is 5.92 Å². The Morgan fingerprint density at radius 3 is 2.39 bits per heavy atom. The van der Waals surface area contributed by atoms with E-state index in [2.05, 4.69) is 20.2 Å². The van der Waals surface area contributed by atoms with E-state index in [9.17, 15) is 4.79 Å². The van der Waals surface area contributed by atoms with Crippen molar-refractivity contribution < 1.29 is 19.0 Å². The zero-order valence-corrected chi connectivity index (χ0v) is 18.9. The molecule has 1 amide bonds. The minimum atomic E-state index is -0.0288. The van der Waals surface area contributed by atoms with Crippen LogP contribution in [0, 0.1) is 5.92 Å². The molecule has 33 heavy (non-hydrogen) atoms. The molecule has 4 rings (SSSR count). The van der Waals surface area contributed by atoms with Crippen molar-refractivity contribution in [3.05, 3.63) is 66.5 Å². The van der Waals surface area contributed by atoms with Gasteiger partial charge in [0.15, 0.2) is 5.82 Å². The highest BCUT2D eigenvalue weighted by atomic mass is 16.5. The van der Waals surface area contributed by atoms with E-state index in [1.54, 1.807) is 32.7 Å². The normalized spacial score (nSPS) is 13.9. The number of methoxy groups -OCH3 is 2. The summed E-state index contributed by atoms with van der Waals surface area (Å²) < 4.78 is 16.4. The van der Waals surface area contributed by atoms with E-state index in [-0.39, 0.29) is 11.8 Å². The van der Waals surface area contributed by atoms with Crippen LogP contribution in [0.15, 0.2) is 60.9 Å². The predicted octanol–water partition coefficient (Wildman–Crippen LogP) is 3.82. The molecule has 3 aromatic rings. The van der Waals surface area contributed by atoms with Crippen LogP contribution in [0.5, 0.6) is 23.1 Å². The number of hydrogen-bond acceptors (Lipinski definition) is 7. The number of ether oxygens (including phenoxy) is 3. The molecule has 1 fully saturated rings. The second-order valence-corrected chi connectivity index (χ2v) is 7.79. The van der Waals surface area contributed by atoms with Gasteiger partial charge in [-0.05, 0) is 42.7 Å². The first-order chi connectivity index (χ1) is 16.2. The van der Waals surface area contributed by atoms with Gasteiger partial charge in [0.2, 0.25) is 5.91 Å². The third-order valence-electron chi connectivity index (χ3n) is 5.69. The fourth-order valence-corrected chi connectivity index (χ4v) is 3.81. The molecule has 0 radical (unpaired) electrons. The van der Waals surface area contributed by atoms with Crippen molar-refractivity contribution in [2.45, 2.75) is 19.4 Å². The number of carbonyl (C=O) groups is 1. The number of rotatable bonds is 8. The van der Waals surface area contributed by atoms with Crippen LogP contribution < -0.4 is 24.4 Å². The molecule has 2 aromatic carbocycles. The molecule has 0 unspecified atom stereocenters. The van der Waals surface area contributed by atoms with Crippen molar-refractivity contribution in [3.63, 3.8) is 0 Å². The first-order valence-corrected chi connectivity index (χ1v) is 10.9. The van der Waals surface area contributed by atoms with Crippen LogP contribution in [-0.2, 0) is 11.3 Å². The highest BCUT2D eigenvalue weighted by Gasteiger charge is 2.27. The molecule has 8 nitrogen and oxygen atoms in total. The molecule has 0 saturated carbocycles. The van der Waals surface area contributed by atoms with Crippen molar-refractivity contribution in [1.29, 1.82) is 0 Å². The fourth-order valence-electron chi connectivity index (χ4n) is 3.81. The Hall–Kier alpha value is -3.81. The van der Waals surface area contributed by atoms with Gasteiger partial charge in [0.1, 0.15) is 17.2 Å². The van der Waals surface area contributed by atoms with E-state index in [0.29, 0.717) is 42.8 Å². The van der Waals surface area contributed by atoms with Crippen LogP contribution >= 0.6 is 0 Å². The van der Waals surface area contributed by atoms with E-state index in [1.165, 1.54) is 0 Å². The minimum absolute atomic E-state index is 0.0288. The van der Waals surface area contributed by atoms with Crippen molar-refractivity contribution in [1.82, 2.24) is 15.3 Å². The summed E-state index contributed by atoms with van der Waals surface area (Å²) in [6.45, 7) is 1.91. The maximum Gasteiger partial charge on any atom is 0.263 e. The van der Waals surface area contributed by atoms with Gasteiger partial charge in [0.05, 0.1) is 14.2 Å². The van der Waals surface area contributed by atoms with Crippen LogP contribution in [0.4, 0.5) is 5.82 Å². The molecule has 172 valence electrons. The quantitative estimate of drug-likeness (QED) is 0.561. The smallest absolute Gasteiger partial charge is 0.263 e. The first kappa shape index (κ1) is 22.4. The number of piperidine rings is 1. The van der Waals surface area contributed by atoms with Gasteiger partial charge in [-0.2, -0.15) is 0 Å². The van der Waals surface area contributed by atoms with Crippen LogP contribution in [-0.4, -0.2) is 43.2 Å². The van der Waals surface area contributed by atoms with Gasteiger partial charge in [-0.15, -0.1) is 0 Å². The topological polar surface area (TPSA) is 85.8 Å². The highest BCUT2D eigenvalue weighted by molar-refractivity contribution is 5.79. The SMILES string of the molecule is COc1ccc(CNC(=O)C2CCN(c3nccnc3Oc3cccc(OC)c3)CC2)cc1. The van der Waals surface area contributed by atoms with E-state index in [0.717, 1.165) is 24.2 Å². The summed E-state index contributed by atoms with van der Waals surface area (Å²) in [5.74, 6) is 3.31. The van der Waals surface area contributed by atoms with Gasteiger partial charge in [-0.3, -0.25) is 4.79 Å². The van der Waals surface area contributed by atoms with Gasteiger partial charge in [0, 0.05) is 44.0 Å². The Labute approximate surface area is 193 Å². The average molecular weight is 449 g/mol. The van der Waals surface area contributed by atoms with Crippen molar-refractivity contribution >= 4 is 11.7 Å². The molecule has 1 aromatic heterocycles. The van der Waals surface area contributed by atoms with Crippen LogP contribution in [0.3, 0.4) is 0 Å². The maximum absolute atomic E-state index is 12.7. The first-order valence-electron chi connectivity index (χ1n) is 10.9. The molecular formula is C25H28N4O4. The fraction of sp³-hybridized carbons (Fsp3) is 0.320. The average Bonchev–Trinajstić information content (AvgIpc) is 2.88. The van der Waals surface area contributed by atoms with E-state index >= 15 is 0 Å². The monoisotopic (exact) mass is 448 g/mol. The summed E-state index contributed by atoms with van der Waals surface area (Å²) in [4.78, 5) is 23.7. The van der Waals surface area contributed by atoms with Crippen molar-refractivity contribution in [3.8, 4) is 23.1 Å². The number of benzene rings is 2. The Morgan fingerprint density at radius 2 is 1.67 bits per heavy atom. The van der Waals surface area contributed by atoms with E-state index in [4.69, 9.17) is 14.2 Å². The molecule has 1 N–H and O–H groups in total. The van der Waals surface area contributed by atoms with Gasteiger partial charge in [-0.25, -0.2) is 9.97 Å². The standard InChI is InChI=1S/C25H28N4O4/c1-31-20-8-6-18(7-9-20)17-28-24(30)19-10-14-29(15-11-19)23-25(27-13-12-26-23)33-22-5-3-4-21(16-22)32-2/h3-9,12-13,16,19H,10-11,14-15,17H2,1-2H3,(H,28,30). The summed E-state index contributed by atoms with van der Waals surface area (Å²) in [6.07, 6.45) is 4.74. The third kappa shape index (κ3) is 5.71. The second kappa shape index (κ2) is 10.7. The predicted molar refractivity (Wildman–Crippen MR) is 125 cm³/mol. The van der Waals surface area contributed by atoms with Crippen LogP contribution in [0.1, 0.15) is 18.4 Å². The van der Waals surface area contributed by atoms with Gasteiger partial charge < -0.3 is 24.4 Å². The molecule has 0 bridgehead atoms. The summed E-state index contributed by atoms with van der Waals surface area (Å²) in [5.41, 5.74) is 1.04. The molecule has 0 spiro atoms. The Balaban J connectivity index is 1.33. The largest absolute Gasteiger partial charge is 0.497 e. The van der Waals surface area contributed by atoms with Crippen LogP contribution in [0.2, 0.25) is 0 Å². The molecule has 1 saturated heterocycles. The molecule has 0 aliphatic carbocycles. The number of hydrogen-bond donors (Lipinski definition) is 1. The lowest BCUT2D eigenvalue weighted by Crippen LogP contribution is -2.40. The zero-order chi connectivity index (χ0) is 23.0. The van der Waals surface area contributed by atoms with Crippen molar-refractivity contribution in [2.75, 3.05) is 32.2 Å². The van der Waals surface area contributed by atoms with E-state index in [1.807, 2.05) is 42.5 Å². The zero-order valence-electron chi connectivity index (χ0n) is 18.9. The number of anilines is 1. The lowest BCUT2D eigenvalue weighted by molar-refractivity contribution is -0.125. The Bertz CT molecular complexity index is 1070. The number of nitrogens with one attached hydrogen (secondary N) is 1. The van der Waals surface area contributed by atoms with Gasteiger partial charge >= 0.3 is 0 Å². The summed E-state index contributed by atoms with van der Waals surface area (Å²) in [7, 11) is 3.25. The summed E-state index contributed by atoms with van der Waals surface area (Å²) in [6, 6.07) is 15.1. The Kier molecular flexibility index (Phi) is 7.24. The third-order valence-corrected chi connectivity index (χ3v) is 5.69. The minimum Gasteiger partial charge on any atom is -0.497 e. The number of amides is 1. The van der Waals surface area contributed by atoms with Crippen LogP contribution in [0.25, 0.3) is 0 Å². The lowest BCUT2D eigenvalue weighted by Gasteiger charge is -2.32. The van der Waals surface area contributed by atoms with Gasteiger partial charge in [-0.1, -0.05) is 18.2 Å². The lowest BCUT2D eigenvalue weighted by atomic mass is 9.96. The molecule has 1 aliphatic heterocycles. The second-order valence-electron chi connectivity index (χ2n) is 7.79. The summed E-state index contributed by atoms with van der Waals surface area (Å²) >= 11 is 0. The molecule has 8 heteroatoms. The molecular weight excluding hydrogens is 420 g/mol. The Morgan fingerprint density at radius 1 is 0.970 bits per heavy atom. The maximum atomic E-state index is 12.7. The molecule has 2 heterocycles. The number of carbonyl (C=O) groups excluding carboxylic acids is 1. The number of aromatic nitrogens is 2.